The maximum Gasteiger partial charge on any atom is 0.306 e. The maximum absolute atomic E-state index is 12.7. The second-order valence-corrected chi connectivity index (χ2v) is 16.4. The number of hydrogen-bond acceptors (Lipinski definition) is 6. The molecule has 0 aromatic heterocycles. The van der Waals surface area contributed by atoms with Crippen molar-refractivity contribution >= 4 is 17.9 Å². The molecule has 0 amide bonds. The van der Waals surface area contributed by atoms with E-state index < -0.39 is 6.10 Å². The molecule has 0 radical (unpaired) electrons. The predicted octanol–water partition coefficient (Wildman–Crippen LogP) is 15.6. The largest absolute Gasteiger partial charge is 0.462 e. The van der Waals surface area contributed by atoms with Gasteiger partial charge in [-0.3, -0.25) is 14.4 Å². The molecule has 0 saturated heterocycles. The molecule has 0 heterocycles. The lowest BCUT2D eigenvalue weighted by molar-refractivity contribution is -0.167. The van der Waals surface area contributed by atoms with Gasteiger partial charge in [0.2, 0.25) is 0 Å². The summed E-state index contributed by atoms with van der Waals surface area (Å²) in [4.78, 5) is 37.8. The number of esters is 3. The van der Waals surface area contributed by atoms with Gasteiger partial charge in [0, 0.05) is 19.3 Å². The first-order valence-electron chi connectivity index (χ1n) is 24.3. The Labute approximate surface area is 347 Å². The molecule has 0 rings (SSSR count). The lowest BCUT2D eigenvalue weighted by Crippen LogP contribution is -2.30. The minimum absolute atomic E-state index is 0.0773. The fourth-order valence-corrected chi connectivity index (χ4v) is 6.96. The summed E-state index contributed by atoms with van der Waals surface area (Å²) in [6, 6.07) is 0. The van der Waals surface area contributed by atoms with Gasteiger partial charge < -0.3 is 14.2 Å². The second-order valence-electron chi connectivity index (χ2n) is 16.4. The molecule has 0 N–H and O–H groups in total. The molecule has 0 bridgehead atoms. The third kappa shape index (κ3) is 43.0. The van der Waals surface area contributed by atoms with Crippen molar-refractivity contribution in [2.24, 2.45) is 0 Å². The molecule has 0 spiro atoms. The van der Waals surface area contributed by atoms with Gasteiger partial charge in [0.1, 0.15) is 13.2 Å². The minimum atomic E-state index is -0.774. The van der Waals surface area contributed by atoms with E-state index in [0.29, 0.717) is 19.3 Å². The predicted molar refractivity (Wildman–Crippen MR) is 238 cm³/mol. The van der Waals surface area contributed by atoms with E-state index in [0.717, 1.165) is 77.0 Å². The zero-order valence-electron chi connectivity index (χ0n) is 37.4. The van der Waals surface area contributed by atoms with Crippen LogP contribution in [0.5, 0.6) is 0 Å². The van der Waals surface area contributed by atoms with Crippen molar-refractivity contribution < 1.29 is 28.6 Å². The van der Waals surface area contributed by atoms with E-state index in [9.17, 15) is 14.4 Å². The average Bonchev–Trinajstić information content (AvgIpc) is 3.19. The molecular formula is C50H92O6. The Morgan fingerprint density at radius 3 is 0.946 bits per heavy atom. The fraction of sp³-hybridized carbons (Fsp3) is 0.860. The van der Waals surface area contributed by atoms with Crippen LogP contribution in [0.4, 0.5) is 0 Å². The van der Waals surface area contributed by atoms with Crippen molar-refractivity contribution in [3.8, 4) is 0 Å². The summed E-state index contributed by atoms with van der Waals surface area (Å²) in [5.41, 5.74) is 0. The quantitative estimate of drug-likeness (QED) is 0.0265. The Hall–Kier alpha value is -2.11. The topological polar surface area (TPSA) is 78.9 Å². The third-order valence-electron chi connectivity index (χ3n) is 10.7. The summed E-state index contributed by atoms with van der Waals surface area (Å²) in [7, 11) is 0. The van der Waals surface area contributed by atoms with Crippen LogP contribution >= 0.6 is 0 Å². The van der Waals surface area contributed by atoms with Crippen molar-refractivity contribution in [1.82, 2.24) is 0 Å². The van der Waals surface area contributed by atoms with Gasteiger partial charge >= 0.3 is 17.9 Å². The van der Waals surface area contributed by atoms with Crippen LogP contribution in [0, 0.1) is 0 Å². The summed E-state index contributed by atoms with van der Waals surface area (Å²) >= 11 is 0. The Bertz CT molecular complexity index is 911. The highest BCUT2D eigenvalue weighted by atomic mass is 16.6. The van der Waals surface area contributed by atoms with Crippen LogP contribution in [0.25, 0.3) is 0 Å². The Kier molecular flexibility index (Phi) is 43.9. The highest BCUT2D eigenvalue weighted by molar-refractivity contribution is 5.71. The van der Waals surface area contributed by atoms with Gasteiger partial charge in [0.25, 0.3) is 0 Å². The SMILES string of the molecule is CCCCC/C=C\CCCCCCCC(=O)OCC(COC(=O)CCCCC/C=C\CCCCCCCC)OC(=O)CCCCCCCCCCCCCCC. The van der Waals surface area contributed by atoms with Gasteiger partial charge in [0.05, 0.1) is 0 Å². The molecule has 0 aromatic carbocycles. The highest BCUT2D eigenvalue weighted by Gasteiger charge is 2.19. The molecule has 328 valence electrons. The second kappa shape index (κ2) is 45.6. The summed E-state index contributed by atoms with van der Waals surface area (Å²) in [6.07, 6.45) is 50.1. The number of carbonyl (C=O) groups excluding carboxylic acids is 3. The molecule has 1 atom stereocenters. The first-order valence-corrected chi connectivity index (χ1v) is 24.3. The smallest absolute Gasteiger partial charge is 0.306 e. The minimum Gasteiger partial charge on any atom is -0.462 e. The molecular weight excluding hydrogens is 697 g/mol. The van der Waals surface area contributed by atoms with Gasteiger partial charge in [-0.1, -0.05) is 193 Å². The van der Waals surface area contributed by atoms with Crippen LogP contribution in [0.1, 0.15) is 258 Å². The molecule has 1 unspecified atom stereocenters. The van der Waals surface area contributed by atoms with Crippen LogP contribution in [0.2, 0.25) is 0 Å². The van der Waals surface area contributed by atoms with E-state index in [4.69, 9.17) is 14.2 Å². The van der Waals surface area contributed by atoms with Gasteiger partial charge in [-0.15, -0.1) is 0 Å². The Morgan fingerprint density at radius 1 is 0.339 bits per heavy atom. The standard InChI is InChI=1S/C50H92O6/c1-4-7-10-13-16-19-22-25-28-31-34-37-40-43-49(52)55-46-47(45-54-48(51)42-39-36-33-30-27-24-21-18-15-12-9-6-3)56-50(53)44-41-38-35-32-29-26-23-20-17-14-11-8-5-2/h18,21,25,28,47H,4-17,19-20,22-24,26-27,29-46H2,1-3H3/b21-18-,28-25-. The first-order chi connectivity index (χ1) is 27.5. The molecule has 0 aliphatic rings. The molecule has 0 aromatic rings. The Morgan fingerprint density at radius 2 is 0.589 bits per heavy atom. The van der Waals surface area contributed by atoms with Gasteiger partial charge in [0.15, 0.2) is 6.10 Å². The van der Waals surface area contributed by atoms with Crippen molar-refractivity contribution in [3.63, 3.8) is 0 Å². The number of unbranched alkanes of at least 4 members (excludes halogenated alkanes) is 29. The van der Waals surface area contributed by atoms with Gasteiger partial charge in [-0.25, -0.2) is 0 Å². The third-order valence-corrected chi connectivity index (χ3v) is 10.7. The van der Waals surface area contributed by atoms with E-state index in [1.807, 2.05) is 0 Å². The van der Waals surface area contributed by atoms with E-state index in [1.165, 1.54) is 141 Å². The molecule has 0 fully saturated rings. The first kappa shape index (κ1) is 53.9. The normalized spacial score (nSPS) is 12.1. The number of rotatable bonds is 44. The van der Waals surface area contributed by atoms with Crippen molar-refractivity contribution in [2.75, 3.05) is 13.2 Å². The van der Waals surface area contributed by atoms with Crippen molar-refractivity contribution in [2.45, 2.75) is 264 Å². The summed E-state index contributed by atoms with van der Waals surface area (Å²) in [5, 5.41) is 0. The van der Waals surface area contributed by atoms with E-state index >= 15 is 0 Å². The fourth-order valence-electron chi connectivity index (χ4n) is 6.96. The van der Waals surface area contributed by atoms with Crippen LogP contribution in [-0.2, 0) is 28.6 Å². The molecule has 0 aliphatic carbocycles. The van der Waals surface area contributed by atoms with Crippen LogP contribution < -0.4 is 0 Å². The average molecular weight is 789 g/mol. The number of hydrogen-bond donors (Lipinski definition) is 0. The van der Waals surface area contributed by atoms with Crippen LogP contribution in [0.15, 0.2) is 24.3 Å². The van der Waals surface area contributed by atoms with Crippen molar-refractivity contribution in [1.29, 1.82) is 0 Å². The van der Waals surface area contributed by atoms with Gasteiger partial charge in [-0.05, 0) is 70.6 Å². The molecule has 0 aliphatic heterocycles. The molecule has 56 heavy (non-hydrogen) atoms. The monoisotopic (exact) mass is 789 g/mol. The van der Waals surface area contributed by atoms with Crippen LogP contribution in [0.3, 0.4) is 0 Å². The molecule has 6 heteroatoms. The zero-order chi connectivity index (χ0) is 40.8. The lowest BCUT2D eigenvalue weighted by Gasteiger charge is -2.18. The number of allylic oxidation sites excluding steroid dienone is 4. The summed E-state index contributed by atoms with van der Waals surface area (Å²) in [5.74, 6) is -0.894. The van der Waals surface area contributed by atoms with E-state index in [2.05, 4.69) is 45.1 Å². The maximum atomic E-state index is 12.7. The zero-order valence-corrected chi connectivity index (χ0v) is 37.4. The number of ether oxygens (including phenoxy) is 3. The highest BCUT2D eigenvalue weighted by Crippen LogP contribution is 2.15. The Balaban J connectivity index is 4.38. The summed E-state index contributed by atoms with van der Waals surface area (Å²) < 4.78 is 16.7. The van der Waals surface area contributed by atoms with E-state index in [1.54, 1.807) is 0 Å². The van der Waals surface area contributed by atoms with E-state index in [-0.39, 0.29) is 31.1 Å². The summed E-state index contributed by atoms with van der Waals surface area (Å²) in [6.45, 7) is 6.59. The molecule has 6 nitrogen and oxygen atoms in total. The lowest BCUT2D eigenvalue weighted by atomic mass is 10.0. The van der Waals surface area contributed by atoms with Crippen molar-refractivity contribution in [3.05, 3.63) is 24.3 Å². The number of carbonyl (C=O) groups is 3. The molecule has 0 saturated carbocycles. The van der Waals surface area contributed by atoms with Crippen LogP contribution in [-0.4, -0.2) is 37.2 Å². The van der Waals surface area contributed by atoms with Gasteiger partial charge in [-0.2, -0.15) is 0 Å².